The molecule has 0 spiro atoms. The normalized spacial score (nSPS) is 11.3. The lowest BCUT2D eigenvalue weighted by atomic mass is 10.1. The van der Waals surface area contributed by atoms with Crippen LogP contribution in [0.15, 0.2) is 30.5 Å². The van der Waals surface area contributed by atoms with E-state index >= 15 is 0 Å². The predicted octanol–water partition coefficient (Wildman–Crippen LogP) is 4.10. The number of fused-ring (bicyclic) bond motifs is 1. The van der Waals surface area contributed by atoms with E-state index in [2.05, 4.69) is 51.6 Å². The Morgan fingerprint density at radius 2 is 2.17 bits per heavy atom. The highest BCUT2D eigenvalue weighted by molar-refractivity contribution is 7.08. The van der Waals surface area contributed by atoms with Crippen molar-refractivity contribution < 1.29 is 4.79 Å². The maximum absolute atomic E-state index is 12.4. The largest absolute Gasteiger partial charge is 0.347 e. The summed E-state index contributed by atoms with van der Waals surface area (Å²) in [6.07, 6.45) is 3.22. The van der Waals surface area contributed by atoms with Crippen molar-refractivity contribution in [2.75, 3.05) is 5.32 Å². The van der Waals surface area contributed by atoms with Crippen LogP contribution >= 0.6 is 11.5 Å². The molecular formula is C17H20N4OS. The molecule has 0 bridgehead atoms. The van der Waals surface area contributed by atoms with Crippen LogP contribution < -0.4 is 5.32 Å². The van der Waals surface area contributed by atoms with E-state index in [0.717, 1.165) is 41.1 Å². The zero-order valence-electron chi connectivity index (χ0n) is 13.5. The van der Waals surface area contributed by atoms with Crippen LogP contribution in [0, 0.1) is 12.8 Å². The van der Waals surface area contributed by atoms with Gasteiger partial charge in [0, 0.05) is 18.1 Å². The van der Waals surface area contributed by atoms with Gasteiger partial charge in [0.15, 0.2) is 0 Å². The molecule has 0 aliphatic rings. The average molecular weight is 328 g/mol. The van der Waals surface area contributed by atoms with Gasteiger partial charge in [-0.05, 0) is 49.0 Å². The maximum Gasteiger partial charge on any atom is 0.269 e. The van der Waals surface area contributed by atoms with Crippen molar-refractivity contribution in [2.24, 2.45) is 5.92 Å². The van der Waals surface area contributed by atoms with Crippen LogP contribution in [0.5, 0.6) is 0 Å². The van der Waals surface area contributed by atoms with Gasteiger partial charge in [-0.15, -0.1) is 5.10 Å². The Labute approximate surface area is 139 Å². The number of nitrogens with one attached hydrogen (secondary N) is 1. The quantitative estimate of drug-likeness (QED) is 0.767. The number of rotatable bonds is 5. The molecule has 0 saturated carbocycles. The Morgan fingerprint density at radius 3 is 2.87 bits per heavy atom. The second-order valence-corrected chi connectivity index (χ2v) is 6.83. The van der Waals surface area contributed by atoms with E-state index < -0.39 is 0 Å². The standard InChI is InChI=1S/C17H20N4OS/c1-11(2)7-9-21-10-8-13-14(5-4-6-15(13)21)18-17(22)16-12(3)19-20-23-16/h4-6,8,10-11H,7,9H2,1-3H3,(H,18,22). The van der Waals surface area contributed by atoms with Gasteiger partial charge < -0.3 is 9.88 Å². The first-order chi connectivity index (χ1) is 11.1. The fourth-order valence-electron chi connectivity index (χ4n) is 2.54. The van der Waals surface area contributed by atoms with Gasteiger partial charge in [0.2, 0.25) is 0 Å². The number of carbonyl (C=O) groups is 1. The highest BCUT2D eigenvalue weighted by Crippen LogP contribution is 2.26. The Kier molecular flexibility index (Phi) is 4.43. The zero-order chi connectivity index (χ0) is 16.4. The molecule has 120 valence electrons. The summed E-state index contributed by atoms with van der Waals surface area (Å²) in [6.45, 7) is 7.23. The predicted molar refractivity (Wildman–Crippen MR) is 94.0 cm³/mol. The fourth-order valence-corrected chi connectivity index (χ4v) is 3.10. The van der Waals surface area contributed by atoms with Crippen LogP contribution in [-0.2, 0) is 6.54 Å². The molecule has 0 unspecified atom stereocenters. The minimum atomic E-state index is -0.153. The number of nitrogens with zero attached hydrogens (tertiary/aromatic N) is 3. The summed E-state index contributed by atoms with van der Waals surface area (Å²) in [4.78, 5) is 12.9. The van der Waals surface area contributed by atoms with E-state index in [-0.39, 0.29) is 5.91 Å². The molecule has 3 rings (SSSR count). The summed E-state index contributed by atoms with van der Waals surface area (Å²) in [5.74, 6) is 0.511. The summed E-state index contributed by atoms with van der Waals surface area (Å²) < 4.78 is 6.06. The highest BCUT2D eigenvalue weighted by atomic mass is 32.1. The van der Waals surface area contributed by atoms with E-state index in [9.17, 15) is 4.79 Å². The topological polar surface area (TPSA) is 59.8 Å². The highest BCUT2D eigenvalue weighted by Gasteiger charge is 2.15. The van der Waals surface area contributed by atoms with Gasteiger partial charge in [0.05, 0.1) is 16.9 Å². The van der Waals surface area contributed by atoms with Crippen LogP contribution in [0.25, 0.3) is 10.9 Å². The monoisotopic (exact) mass is 328 g/mol. The van der Waals surface area contributed by atoms with Crippen LogP contribution in [-0.4, -0.2) is 20.1 Å². The van der Waals surface area contributed by atoms with E-state index in [1.807, 2.05) is 12.1 Å². The third-order valence-corrected chi connectivity index (χ3v) is 4.69. The molecule has 0 radical (unpaired) electrons. The van der Waals surface area contributed by atoms with Crippen molar-refractivity contribution in [1.82, 2.24) is 14.2 Å². The number of hydrogen-bond donors (Lipinski definition) is 1. The second-order valence-electron chi connectivity index (χ2n) is 6.07. The van der Waals surface area contributed by atoms with Crippen LogP contribution in [0.1, 0.15) is 35.6 Å². The third kappa shape index (κ3) is 3.27. The van der Waals surface area contributed by atoms with Gasteiger partial charge in [0.1, 0.15) is 4.88 Å². The van der Waals surface area contributed by atoms with Crippen LogP contribution in [0.2, 0.25) is 0 Å². The lowest BCUT2D eigenvalue weighted by Gasteiger charge is -2.09. The van der Waals surface area contributed by atoms with Gasteiger partial charge >= 0.3 is 0 Å². The zero-order valence-corrected chi connectivity index (χ0v) is 14.4. The SMILES string of the molecule is Cc1nnsc1C(=O)Nc1cccc2c1ccn2CCC(C)C. The molecule has 23 heavy (non-hydrogen) atoms. The molecule has 6 heteroatoms. The van der Waals surface area contributed by atoms with Gasteiger partial charge in [-0.1, -0.05) is 24.4 Å². The van der Waals surface area contributed by atoms with E-state index in [1.54, 1.807) is 6.92 Å². The van der Waals surface area contributed by atoms with Gasteiger partial charge in [-0.25, -0.2) is 0 Å². The third-order valence-electron chi connectivity index (χ3n) is 3.87. The molecule has 0 aliphatic carbocycles. The number of amides is 1. The molecule has 0 aliphatic heterocycles. The van der Waals surface area contributed by atoms with Crippen molar-refractivity contribution in [1.29, 1.82) is 0 Å². The molecular weight excluding hydrogens is 308 g/mol. The van der Waals surface area contributed by atoms with Gasteiger partial charge in [-0.2, -0.15) is 0 Å². The Hall–Kier alpha value is -2.21. The summed E-state index contributed by atoms with van der Waals surface area (Å²) in [5, 5.41) is 7.93. The number of carbonyl (C=O) groups excluding carboxylic acids is 1. The Balaban J connectivity index is 1.87. The molecule has 1 N–H and O–H groups in total. The summed E-state index contributed by atoms with van der Waals surface area (Å²) >= 11 is 1.12. The van der Waals surface area contributed by atoms with Crippen LogP contribution in [0.4, 0.5) is 5.69 Å². The second kappa shape index (κ2) is 6.50. The minimum Gasteiger partial charge on any atom is -0.347 e. The van der Waals surface area contributed by atoms with Gasteiger partial charge in [0.25, 0.3) is 5.91 Å². The Bertz CT molecular complexity index is 834. The molecule has 0 atom stereocenters. The average Bonchev–Trinajstić information content (AvgIpc) is 3.12. The van der Waals surface area contributed by atoms with E-state index in [0.29, 0.717) is 16.5 Å². The number of hydrogen-bond acceptors (Lipinski definition) is 4. The van der Waals surface area contributed by atoms with Crippen molar-refractivity contribution in [2.45, 2.75) is 33.7 Å². The molecule has 2 aromatic heterocycles. The minimum absolute atomic E-state index is 0.153. The lowest BCUT2D eigenvalue weighted by molar-refractivity contribution is 0.103. The molecule has 1 amide bonds. The lowest BCUT2D eigenvalue weighted by Crippen LogP contribution is -2.11. The van der Waals surface area contributed by atoms with Crippen molar-refractivity contribution in [3.05, 3.63) is 41.0 Å². The number of benzene rings is 1. The van der Waals surface area contributed by atoms with E-state index in [1.165, 1.54) is 0 Å². The van der Waals surface area contributed by atoms with Crippen molar-refractivity contribution >= 4 is 34.0 Å². The summed E-state index contributed by atoms with van der Waals surface area (Å²) in [5.41, 5.74) is 2.63. The molecule has 2 heterocycles. The molecule has 0 saturated heterocycles. The van der Waals surface area contributed by atoms with Crippen molar-refractivity contribution in [3.63, 3.8) is 0 Å². The summed E-state index contributed by atoms with van der Waals surface area (Å²) in [6, 6.07) is 8.05. The maximum atomic E-state index is 12.4. The van der Waals surface area contributed by atoms with Crippen molar-refractivity contribution in [3.8, 4) is 0 Å². The van der Waals surface area contributed by atoms with E-state index in [4.69, 9.17) is 0 Å². The first-order valence-electron chi connectivity index (χ1n) is 7.74. The first kappa shape index (κ1) is 15.7. The Morgan fingerprint density at radius 1 is 1.35 bits per heavy atom. The van der Waals surface area contributed by atoms with Crippen LogP contribution in [0.3, 0.4) is 0 Å². The molecule has 5 nitrogen and oxygen atoms in total. The number of aromatic nitrogens is 3. The summed E-state index contributed by atoms with van der Waals surface area (Å²) in [7, 11) is 0. The number of anilines is 1. The molecule has 3 aromatic rings. The van der Waals surface area contributed by atoms with Gasteiger partial charge in [-0.3, -0.25) is 4.79 Å². The molecule has 1 aromatic carbocycles. The smallest absolute Gasteiger partial charge is 0.269 e. The fraction of sp³-hybridized carbons (Fsp3) is 0.353. The molecule has 0 fully saturated rings. The first-order valence-corrected chi connectivity index (χ1v) is 8.51. The number of aryl methyl sites for hydroxylation is 2.